The maximum atomic E-state index is 5.31. The van der Waals surface area contributed by atoms with E-state index in [1.165, 1.54) is 5.56 Å². The van der Waals surface area contributed by atoms with Crippen LogP contribution in [0, 0.1) is 12.3 Å². The van der Waals surface area contributed by atoms with Crippen LogP contribution in [0.15, 0.2) is 22.7 Å². The van der Waals surface area contributed by atoms with Gasteiger partial charge in [0, 0.05) is 15.8 Å². The molecule has 0 amide bonds. The van der Waals surface area contributed by atoms with Gasteiger partial charge in [0.15, 0.2) is 0 Å². The molecule has 0 saturated carbocycles. The van der Waals surface area contributed by atoms with Crippen LogP contribution in [-0.4, -0.2) is 6.26 Å². The Hall–Kier alpha value is -0.390. The van der Waals surface area contributed by atoms with Crippen molar-refractivity contribution < 1.29 is 0 Å². The van der Waals surface area contributed by atoms with E-state index >= 15 is 0 Å². The predicted molar refractivity (Wildman–Crippen MR) is 59.3 cm³/mol. The van der Waals surface area contributed by atoms with Crippen molar-refractivity contribution in [2.45, 2.75) is 5.75 Å². The van der Waals surface area contributed by atoms with Crippen molar-refractivity contribution >= 4 is 27.7 Å². The van der Waals surface area contributed by atoms with Gasteiger partial charge in [0.2, 0.25) is 0 Å². The van der Waals surface area contributed by atoms with Gasteiger partial charge in [-0.2, -0.15) is 11.8 Å². The lowest BCUT2D eigenvalue weighted by Crippen LogP contribution is -1.82. The number of thioether (sulfide) groups is 1. The van der Waals surface area contributed by atoms with E-state index in [9.17, 15) is 0 Å². The molecule has 0 nitrogen and oxygen atoms in total. The number of hydrogen-bond acceptors (Lipinski definition) is 1. The summed E-state index contributed by atoms with van der Waals surface area (Å²) in [7, 11) is 0. The topological polar surface area (TPSA) is 0 Å². The predicted octanol–water partition coefficient (Wildman–Crippen LogP) is 3.29. The van der Waals surface area contributed by atoms with E-state index in [1.54, 1.807) is 11.8 Å². The lowest BCUT2D eigenvalue weighted by Gasteiger charge is -2.00. The van der Waals surface area contributed by atoms with Crippen LogP contribution in [0.2, 0.25) is 0 Å². The van der Waals surface area contributed by atoms with Gasteiger partial charge in [-0.25, -0.2) is 0 Å². The molecule has 0 atom stereocenters. The zero-order valence-corrected chi connectivity index (χ0v) is 9.21. The van der Waals surface area contributed by atoms with Crippen molar-refractivity contribution in [2.75, 3.05) is 6.26 Å². The van der Waals surface area contributed by atoms with E-state index in [0.29, 0.717) is 0 Å². The Balaban J connectivity index is 3.00. The van der Waals surface area contributed by atoms with E-state index in [0.717, 1.165) is 15.8 Å². The molecule has 0 radical (unpaired) electrons. The number of hydrogen-bond donors (Lipinski definition) is 0. The first kappa shape index (κ1) is 9.70. The number of rotatable bonds is 2. The molecule has 2 heteroatoms. The summed E-state index contributed by atoms with van der Waals surface area (Å²) in [5.74, 6) is 3.64. The van der Waals surface area contributed by atoms with Gasteiger partial charge in [-0.15, -0.1) is 6.42 Å². The summed E-state index contributed by atoms with van der Waals surface area (Å²) in [5.41, 5.74) is 2.21. The van der Waals surface area contributed by atoms with E-state index in [-0.39, 0.29) is 0 Å². The van der Waals surface area contributed by atoms with Crippen LogP contribution >= 0.6 is 27.7 Å². The smallest absolute Gasteiger partial charge is 0.0256 e. The van der Waals surface area contributed by atoms with Crippen molar-refractivity contribution in [1.29, 1.82) is 0 Å². The Morgan fingerprint density at radius 2 is 2.25 bits per heavy atom. The Morgan fingerprint density at radius 3 is 2.83 bits per heavy atom. The van der Waals surface area contributed by atoms with Crippen molar-refractivity contribution in [1.82, 2.24) is 0 Å². The first-order valence-corrected chi connectivity index (χ1v) is 5.70. The second-order valence-electron chi connectivity index (χ2n) is 2.43. The first-order valence-electron chi connectivity index (χ1n) is 3.51. The van der Waals surface area contributed by atoms with E-state index in [4.69, 9.17) is 6.42 Å². The van der Waals surface area contributed by atoms with Crippen LogP contribution in [-0.2, 0) is 5.75 Å². The molecule has 1 aromatic carbocycles. The molecular formula is C10H9BrS. The number of halogens is 1. The molecule has 12 heavy (non-hydrogen) atoms. The highest BCUT2D eigenvalue weighted by atomic mass is 79.9. The van der Waals surface area contributed by atoms with Crippen LogP contribution < -0.4 is 0 Å². The fourth-order valence-electron chi connectivity index (χ4n) is 0.984. The molecular weight excluding hydrogens is 232 g/mol. The largest absolute Gasteiger partial charge is 0.161 e. The maximum absolute atomic E-state index is 5.31. The summed E-state index contributed by atoms with van der Waals surface area (Å²) in [5, 5.41) is 0. The minimum absolute atomic E-state index is 0.938. The van der Waals surface area contributed by atoms with E-state index < -0.39 is 0 Å². The van der Waals surface area contributed by atoms with Gasteiger partial charge in [-0.3, -0.25) is 0 Å². The van der Waals surface area contributed by atoms with Crippen LogP contribution in [0.25, 0.3) is 0 Å². The molecule has 0 aliphatic carbocycles. The average molecular weight is 241 g/mol. The second kappa shape index (κ2) is 4.59. The van der Waals surface area contributed by atoms with Crippen molar-refractivity contribution in [2.24, 2.45) is 0 Å². The van der Waals surface area contributed by atoms with Crippen molar-refractivity contribution in [3.8, 4) is 12.3 Å². The van der Waals surface area contributed by atoms with Crippen molar-refractivity contribution in [3.05, 3.63) is 33.8 Å². The third-order valence-corrected chi connectivity index (χ3v) is 2.52. The van der Waals surface area contributed by atoms with E-state index in [1.807, 2.05) is 12.1 Å². The standard InChI is InChI=1S/C10H9BrS/c1-3-8-4-9(7-12-2)6-10(11)5-8/h1,4-6H,7H2,2H3. The Bertz CT molecular complexity index is 312. The molecule has 62 valence electrons. The molecule has 0 unspecified atom stereocenters. The lowest BCUT2D eigenvalue weighted by molar-refractivity contribution is 1.39. The fourth-order valence-corrected chi connectivity index (χ4v) is 2.02. The van der Waals surface area contributed by atoms with Gasteiger partial charge >= 0.3 is 0 Å². The summed E-state index contributed by atoms with van der Waals surface area (Å²) >= 11 is 5.21. The Labute approximate surface area is 85.9 Å². The highest BCUT2D eigenvalue weighted by molar-refractivity contribution is 9.10. The zero-order chi connectivity index (χ0) is 8.97. The lowest BCUT2D eigenvalue weighted by atomic mass is 10.1. The molecule has 0 bridgehead atoms. The second-order valence-corrected chi connectivity index (χ2v) is 4.21. The van der Waals surface area contributed by atoms with E-state index in [2.05, 4.69) is 34.2 Å². The summed E-state index contributed by atoms with van der Waals surface area (Å²) in [6, 6.07) is 6.09. The molecule has 0 heterocycles. The fraction of sp³-hybridized carbons (Fsp3) is 0.200. The normalized spacial score (nSPS) is 9.42. The first-order chi connectivity index (χ1) is 5.76. The molecule has 1 rings (SSSR count). The average Bonchev–Trinajstić information content (AvgIpc) is 2.04. The van der Waals surface area contributed by atoms with Crippen LogP contribution in [0.1, 0.15) is 11.1 Å². The minimum atomic E-state index is 0.938. The van der Waals surface area contributed by atoms with Gasteiger partial charge in [0.05, 0.1) is 0 Å². The Morgan fingerprint density at radius 1 is 1.50 bits per heavy atom. The maximum Gasteiger partial charge on any atom is 0.0256 e. The third-order valence-electron chi connectivity index (χ3n) is 1.44. The molecule has 1 aromatic rings. The monoisotopic (exact) mass is 240 g/mol. The molecule has 0 N–H and O–H groups in total. The molecule has 0 fully saturated rings. The molecule has 0 spiro atoms. The zero-order valence-electron chi connectivity index (χ0n) is 6.80. The third kappa shape index (κ3) is 2.58. The van der Waals surface area contributed by atoms with Gasteiger partial charge < -0.3 is 0 Å². The van der Waals surface area contributed by atoms with Crippen LogP contribution in [0.5, 0.6) is 0 Å². The Kier molecular flexibility index (Phi) is 3.71. The van der Waals surface area contributed by atoms with Gasteiger partial charge in [-0.1, -0.05) is 21.9 Å². The highest BCUT2D eigenvalue weighted by Crippen LogP contribution is 2.18. The molecule has 0 aliphatic heterocycles. The summed E-state index contributed by atoms with van der Waals surface area (Å²) in [6.45, 7) is 0. The SMILES string of the molecule is C#Cc1cc(Br)cc(CSC)c1. The molecule has 0 aromatic heterocycles. The summed E-state index contributed by atoms with van der Waals surface area (Å²) < 4.78 is 1.06. The van der Waals surface area contributed by atoms with Crippen molar-refractivity contribution in [3.63, 3.8) is 0 Å². The minimum Gasteiger partial charge on any atom is -0.161 e. The number of benzene rings is 1. The summed E-state index contributed by atoms with van der Waals surface area (Å²) in [6.07, 6.45) is 7.39. The van der Waals surface area contributed by atoms with Gasteiger partial charge in [0.25, 0.3) is 0 Å². The van der Waals surface area contributed by atoms with Crippen LogP contribution in [0.3, 0.4) is 0 Å². The van der Waals surface area contributed by atoms with Gasteiger partial charge in [0.1, 0.15) is 0 Å². The van der Waals surface area contributed by atoms with Gasteiger partial charge in [-0.05, 0) is 30.0 Å². The summed E-state index contributed by atoms with van der Waals surface area (Å²) in [4.78, 5) is 0. The highest BCUT2D eigenvalue weighted by Gasteiger charge is 1.96. The number of terminal acetylenes is 1. The van der Waals surface area contributed by atoms with Crippen LogP contribution in [0.4, 0.5) is 0 Å². The quantitative estimate of drug-likeness (QED) is 0.716. The molecule has 0 aliphatic rings. The molecule has 0 saturated heterocycles.